The van der Waals surface area contributed by atoms with E-state index >= 15 is 0 Å². The van der Waals surface area contributed by atoms with Crippen molar-refractivity contribution in [3.8, 4) is 0 Å². The monoisotopic (exact) mass is 438 g/mol. The first-order valence-corrected chi connectivity index (χ1v) is 15.7. The van der Waals surface area contributed by atoms with Crippen LogP contribution in [-0.4, -0.2) is 11.5 Å². The van der Waals surface area contributed by atoms with E-state index in [1.807, 2.05) is 0 Å². The van der Waals surface area contributed by atoms with Gasteiger partial charge in [-0.3, -0.25) is 0 Å². The van der Waals surface area contributed by atoms with Crippen LogP contribution >= 0.6 is 11.8 Å². The van der Waals surface area contributed by atoms with Crippen LogP contribution in [0.3, 0.4) is 0 Å². The molecule has 0 spiro atoms. The summed E-state index contributed by atoms with van der Waals surface area (Å²) in [6.07, 6.45) is 40.3. The van der Waals surface area contributed by atoms with E-state index in [0.29, 0.717) is 0 Å². The summed E-state index contributed by atoms with van der Waals surface area (Å²) in [6, 6.07) is 0. The third-order valence-corrected chi connectivity index (χ3v) is 8.23. The molecular weight excluding hydrogens is 380 g/mol. The Balaban J connectivity index is 2.00. The first-order valence-electron chi connectivity index (χ1n) is 14.6. The molecule has 0 atom stereocenters. The molecule has 0 aromatic heterocycles. The van der Waals surface area contributed by atoms with Crippen molar-refractivity contribution in [1.29, 1.82) is 0 Å². The zero-order valence-electron chi connectivity index (χ0n) is 20.9. The number of hydrogen-bond donors (Lipinski definition) is 0. The average molecular weight is 439 g/mol. The van der Waals surface area contributed by atoms with Crippen LogP contribution in [0.2, 0.25) is 0 Å². The Labute approximate surface area is 196 Å². The van der Waals surface area contributed by atoms with Crippen molar-refractivity contribution in [1.82, 2.24) is 0 Å². The molecule has 0 unspecified atom stereocenters. The summed E-state index contributed by atoms with van der Waals surface area (Å²) in [5.41, 5.74) is 0. The number of thioether (sulfide) groups is 1. The van der Waals surface area contributed by atoms with Crippen LogP contribution in [0.4, 0.5) is 0 Å². The highest BCUT2D eigenvalue weighted by Gasteiger charge is 1.97. The van der Waals surface area contributed by atoms with Gasteiger partial charge < -0.3 is 0 Å². The number of hydrogen-bond acceptors (Lipinski definition) is 1. The van der Waals surface area contributed by atoms with Gasteiger partial charge >= 0.3 is 0 Å². The van der Waals surface area contributed by atoms with Crippen LogP contribution in [0, 0.1) is 0 Å². The molecule has 0 saturated carbocycles. The summed E-state index contributed by atoms with van der Waals surface area (Å²) in [4.78, 5) is 0. The van der Waals surface area contributed by atoms with E-state index in [4.69, 9.17) is 0 Å². The minimum absolute atomic E-state index is 1.42. The second-order valence-corrected chi connectivity index (χ2v) is 11.4. The van der Waals surface area contributed by atoms with E-state index in [-0.39, 0.29) is 0 Å². The summed E-state index contributed by atoms with van der Waals surface area (Å²) in [5, 5.41) is 0. The summed E-state index contributed by atoms with van der Waals surface area (Å²) in [6.45, 7) is 0. The molecule has 1 heterocycles. The van der Waals surface area contributed by atoms with Crippen LogP contribution in [0.1, 0.15) is 173 Å². The second kappa shape index (κ2) is 25.6. The summed E-state index contributed by atoms with van der Waals surface area (Å²) in [7, 11) is 0. The summed E-state index contributed by atoms with van der Waals surface area (Å²) in [5.74, 6) is 2.83. The SMILES string of the molecule is C1CCCCCCCCCCCCCCSCCCCCCCCCCCCCC1. The van der Waals surface area contributed by atoms with Crippen molar-refractivity contribution in [2.45, 2.75) is 173 Å². The molecule has 1 aliphatic heterocycles. The maximum absolute atomic E-state index is 2.22. The Morgan fingerprint density at radius 2 is 0.300 bits per heavy atom. The van der Waals surface area contributed by atoms with Gasteiger partial charge in [-0.15, -0.1) is 0 Å². The first-order chi connectivity index (χ1) is 15.0. The van der Waals surface area contributed by atoms with Gasteiger partial charge in [-0.1, -0.05) is 161 Å². The molecule has 1 heteroatoms. The molecule has 180 valence electrons. The Morgan fingerprint density at radius 1 is 0.167 bits per heavy atom. The maximum Gasteiger partial charge on any atom is -0.00675 e. The fourth-order valence-electron chi connectivity index (χ4n) is 4.93. The molecule has 0 aliphatic carbocycles. The maximum atomic E-state index is 2.22. The van der Waals surface area contributed by atoms with Gasteiger partial charge in [-0.05, 0) is 24.3 Å². The lowest BCUT2D eigenvalue weighted by Gasteiger charge is -2.05. The molecule has 0 aromatic carbocycles. The quantitative estimate of drug-likeness (QED) is 0.362. The van der Waals surface area contributed by atoms with Gasteiger partial charge in [0, 0.05) is 0 Å². The molecule has 0 nitrogen and oxygen atoms in total. The van der Waals surface area contributed by atoms with Gasteiger partial charge in [0.05, 0.1) is 0 Å². The molecule has 0 aromatic rings. The van der Waals surface area contributed by atoms with Crippen molar-refractivity contribution in [2.75, 3.05) is 11.5 Å². The van der Waals surface area contributed by atoms with Crippen molar-refractivity contribution < 1.29 is 0 Å². The lowest BCUT2D eigenvalue weighted by molar-refractivity contribution is 0.515. The topological polar surface area (TPSA) is 0 Å². The molecule has 0 bridgehead atoms. The fourth-order valence-corrected chi connectivity index (χ4v) is 5.95. The average Bonchev–Trinajstić information content (AvgIpc) is 2.76. The standard InChI is InChI=1S/C29H58S/c1-2-4-6-8-10-12-14-16-18-20-22-24-26-28-30-29-27-25-23-21-19-17-15-13-11-9-7-5-3-1/h1-29H2. The lowest BCUT2D eigenvalue weighted by atomic mass is 10.0. The molecule has 0 radical (unpaired) electrons. The highest BCUT2D eigenvalue weighted by molar-refractivity contribution is 7.99. The Hall–Kier alpha value is 0.350. The second-order valence-electron chi connectivity index (χ2n) is 10.2. The van der Waals surface area contributed by atoms with E-state index in [1.165, 1.54) is 185 Å². The van der Waals surface area contributed by atoms with Crippen LogP contribution < -0.4 is 0 Å². The first kappa shape index (κ1) is 28.4. The van der Waals surface area contributed by atoms with Gasteiger partial charge in [0.2, 0.25) is 0 Å². The molecule has 0 amide bonds. The third kappa shape index (κ3) is 23.0. The zero-order valence-corrected chi connectivity index (χ0v) is 21.7. The highest BCUT2D eigenvalue weighted by atomic mass is 32.2. The van der Waals surface area contributed by atoms with Crippen molar-refractivity contribution in [3.05, 3.63) is 0 Å². The van der Waals surface area contributed by atoms with Gasteiger partial charge in [0.25, 0.3) is 0 Å². The van der Waals surface area contributed by atoms with Crippen molar-refractivity contribution in [3.63, 3.8) is 0 Å². The van der Waals surface area contributed by atoms with E-state index in [1.54, 1.807) is 0 Å². The molecule has 0 N–H and O–H groups in total. The Morgan fingerprint density at radius 3 is 0.467 bits per heavy atom. The van der Waals surface area contributed by atoms with Gasteiger partial charge in [0.1, 0.15) is 0 Å². The molecular formula is C29H58S. The highest BCUT2D eigenvalue weighted by Crippen LogP contribution is 2.17. The predicted molar refractivity (Wildman–Crippen MR) is 142 cm³/mol. The van der Waals surface area contributed by atoms with Gasteiger partial charge in [0.15, 0.2) is 0 Å². The van der Waals surface area contributed by atoms with Crippen molar-refractivity contribution >= 4 is 11.8 Å². The normalized spacial score (nSPS) is 24.0. The summed E-state index contributed by atoms with van der Waals surface area (Å²) >= 11 is 2.22. The molecule has 1 rings (SSSR count). The minimum Gasteiger partial charge on any atom is -0.162 e. The molecule has 1 saturated heterocycles. The number of rotatable bonds is 0. The lowest BCUT2D eigenvalue weighted by Crippen LogP contribution is -1.87. The predicted octanol–water partition coefficient (Wildman–Crippen LogP) is 11.3. The van der Waals surface area contributed by atoms with Crippen LogP contribution in [-0.2, 0) is 0 Å². The molecule has 1 aliphatic rings. The third-order valence-electron chi connectivity index (χ3n) is 7.08. The van der Waals surface area contributed by atoms with Crippen LogP contribution in [0.25, 0.3) is 0 Å². The zero-order chi connectivity index (χ0) is 21.2. The molecule has 1 fully saturated rings. The van der Waals surface area contributed by atoms with Crippen LogP contribution in [0.15, 0.2) is 0 Å². The minimum atomic E-state index is 1.42. The Bertz CT molecular complexity index is 154. The van der Waals surface area contributed by atoms with E-state index in [0.717, 1.165) is 0 Å². The van der Waals surface area contributed by atoms with Gasteiger partial charge in [-0.2, -0.15) is 11.8 Å². The largest absolute Gasteiger partial charge is 0.162 e. The smallest absolute Gasteiger partial charge is 0.00675 e. The Kier molecular flexibility index (Phi) is 24.2. The molecule has 30 heavy (non-hydrogen) atoms. The van der Waals surface area contributed by atoms with Gasteiger partial charge in [-0.25, -0.2) is 0 Å². The van der Waals surface area contributed by atoms with E-state index in [9.17, 15) is 0 Å². The summed E-state index contributed by atoms with van der Waals surface area (Å²) < 4.78 is 0. The van der Waals surface area contributed by atoms with Crippen LogP contribution in [0.5, 0.6) is 0 Å². The van der Waals surface area contributed by atoms with E-state index < -0.39 is 0 Å². The fraction of sp³-hybridized carbons (Fsp3) is 1.00. The van der Waals surface area contributed by atoms with E-state index in [2.05, 4.69) is 11.8 Å². The van der Waals surface area contributed by atoms with Crippen molar-refractivity contribution in [2.24, 2.45) is 0 Å².